The van der Waals surface area contributed by atoms with Crippen molar-refractivity contribution in [2.45, 2.75) is 0 Å². The Hall–Kier alpha value is -2.05. The highest BCUT2D eigenvalue weighted by Crippen LogP contribution is 2.04. The Morgan fingerprint density at radius 3 is 2.25 bits per heavy atom. The van der Waals surface area contributed by atoms with Crippen LogP contribution in [-0.2, 0) is 0 Å². The minimum atomic E-state index is -0.939. The lowest BCUT2D eigenvalue weighted by Crippen LogP contribution is -2.51. The summed E-state index contributed by atoms with van der Waals surface area (Å²) in [6.07, 6.45) is 2.17. The molecule has 0 aliphatic carbocycles. The molecule has 2 rings (SSSR count). The van der Waals surface area contributed by atoms with Crippen molar-refractivity contribution in [2.24, 2.45) is 0 Å². The number of nitrogens with zero attached hydrogens (tertiary/aromatic N) is 4. The first-order valence-electron chi connectivity index (χ1n) is 4.95. The number of piperazine rings is 1. The molecule has 1 aliphatic rings. The normalized spacial score (nSPS) is 16.2. The molecule has 1 aliphatic heterocycles. The number of hydrogen-bond donors (Lipinski definition) is 1. The molecule has 0 spiro atoms. The Morgan fingerprint density at radius 2 is 1.75 bits per heavy atom. The van der Waals surface area contributed by atoms with Gasteiger partial charge in [0, 0.05) is 38.6 Å². The molecular formula is C9H12N4O3. The van der Waals surface area contributed by atoms with Crippen molar-refractivity contribution in [3.8, 4) is 0 Å². The Kier molecular flexibility index (Phi) is 2.76. The average Bonchev–Trinajstić information content (AvgIpc) is 2.81. The highest BCUT2D eigenvalue weighted by atomic mass is 16.4. The van der Waals surface area contributed by atoms with E-state index in [4.69, 9.17) is 5.11 Å². The molecule has 1 aromatic rings. The second kappa shape index (κ2) is 4.21. The smallest absolute Gasteiger partial charge is 0.407 e. The molecule has 86 valence electrons. The maximum absolute atomic E-state index is 11.8. The van der Waals surface area contributed by atoms with Gasteiger partial charge in [0.05, 0.1) is 0 Å². The summed E-state index contributed by atoms with van der Waals surface area (Å²) < 4.78 is 1.25. The lowest BCUT2D eigenvalue weighted by molar-refractivity contribution is 0.111. The van der Waals surface area contributed by atoms with Crippen LogP contribution in [0.25, 0.3) is 0 Å². The summed E-state index contributed by atoms with van der Waals surface area (Å²) in [5.41, 5.74) is 0. The Balaban J connectivity index is 1.94. The van der Waals surface area contributed by atoms with E-state index in [1.54, 1.807) is 17.2 Å². The molecule has 2 heterocycles. The van der Waals surface area contributed by atoms with Crippen LogP contribution in [0.1, 0.15) is 0 Å². The summed E-state index contributed by atoms with van der Waals surface area (Å²) in [5.74, 6) is 0. The molecule has 0 atom stereocenters. The molecule has 16 heavy (non-hydrogen) atoms. The van der Waals surface area contributed by atoms with E-state index in [9.17, 15) is 9.59 Å². The van der Waals surface area contributed by atoms with Crippen molar-refractivity contribution in [3.05, 3.63) is 18.5 Å². The number of aromatic nitrogens is 2. The zero-order valence-corrected chi connectivity index (χ0v) is 8.61. The van der Waals surface area contributed by atoms with Crippen molar-refractivity contribution >= 4 is 12.1 Å². The SMILES string of the molecule is O=C(O)N1CCN(C(=O)n2cccn2)CC1. The molecular weight excluding hydrogens is 212 g/mol. The molecule has 1 aromatic heterocycles. The van der Waals surface area contributed by atoms with Gasteiger partial charge in [-0.25, -0.2) is 9.59 Å². The van der Waals surface area contributed by atoms with E-state index < -0.39 is 6.09 Å². The third-order valence-electron chi connectivity index (χ3n) is 2.52. The second-order valence-electron chi connectivity index (χ2n) is 3.49. The summed E-state index contributed by atoms with van der Waals surface area (Å²) in [4.78, 5) is 25.4. The summed E-state index contributed by atoms with van der Waals surface area (Å²) in [5, 5.41) is 12.6. The third-order valence-corrected chi connectivity index (χ3v) is 2.52. The lowest BCUT2D eigenvalue weighted by Gasteiger charge is -2.32. The van der Waals surface area contributed by atoms with Crippen LogP contribution in [0.4, 0.5) is 9.59 Å². The van der Waals surface area contributed by atoms with Crippen LogP contribution in [0.2, 0.25) is 0 Å². The Labute approximate surface area is 91.9 Å². The second-order valence-corrected chi connectivity index (χ2v) is 3.49. The molecule has 0 bridgehead atoms. The fourth-order valence-electron chi connectivity index (χ4n) is 1.62. The molecule has 2 amide bonds. The van der Waals surface area contributed by atoms with Crippen molar-refractivity contribution in [1.29, 1.82) is 0 Å². The highest BCUT2D eigenvalue weighted by molar-refractivity contribution is 5.76. The Morgan fingerprint density at radius 1 is 1.12 bits per heavy atom. The van der Waals surface area contributed by atoms with Gasteiger partial charge in [0.15, 0.2) is 0 Å². The van der Waals surface area contributed by atoms with Gasteiger partial charge in [-0.05, 0) is 6.07 Å². The molecule has 1 N–H and O–H groups in total. The van der Waals surface area contributed by atoms with Gasteiger partial charge >= 0.3 is 12.1 Å². The molecule has 7 nitrogen and oxygen atoms in total. The molecule has 0 radical (unpaired) electrons. The summed E-state index contributed by atoms with van der Waals surface area (Å²) in [7, 11) is 0. The monoisotopic (exact) mass is 224 g/mol. The topological polar surface area (TPSA) is 78.7 Å². The first kappa shape index (κ1) is 10.5. The van der Waals surface area contributed by atoms with Crippen molar-refractivity contribution in [3.63, 3.8) is 0 Å². The van der Waals surface area contributed by atoms with Gasteiger partial charge in [0.1, 0.15) is 0 Å². The van der Waals surface area contributed by atoms with Crippen LogP contribution in [0.5, 0.6) is 0 Å². The zero-order valence-electron chi connectivity index (χ0n) is 8.61. The number of carbonyl (C=O) groups is 2. The summed E-state index contributed by atoms with van der Waals surface area (Å²) in [6.45, 7) is 1.51. The summed E-state index contributed by atoms with van der Waals surface area (Å²) in [6, 6.07) is 1.46. The maximum atomic E-state index is 11.8. The van der Waals surface area contributed by atoms with E-state index in [2.05, 4.69) is 5.10 Å². The lowest BCUT2D eigenvalue weighted by atomic mass is 10.3. The van der Waals surface area contributed by atoms with E-state index in [1.807, 2.05) is 0 Å². The number of rotatable bonds is 0. The van der Waals surface area contributed by atoms with E-state index in [1.165, 1.54) is 15.8 Å². The predicted molar refractivity (Wildman–Crippen MR) is 54.2 cm³/mol. The fourth-order valence-corrected chi connectivity index (χ4v) is 1.62. The van der Waals surface area contributed by atoms with Gasteiger partial charge in [-0.2, -0.15) is 9.78 Å². The number of hydrogen-bond acceptors (Lipinski definition) is 3. The van der Waals surface area contributed by atoms with Gasteiger partial charge in [0.25, 0.3) is 0 Å². The third kappa shape index (κ3) is 1.97. The molecule has 0 aromatic carbocycles. The minimum absolute atomic E-state index is 0.213. The predicted octanol–water partition coefficient (Wildman–Crippen LogP) is 0.147. The van der Waals surface area contributed by atoms with Gasteiger partial charge in [-0.1, -0.05) is 0 Å². The van der Waals surface area contributed by atoms with E-state index in [0.29, 0.717) is 26.2 Å². The van der Waals surface area contributed by atoms with Crippen molar-refractivity contribution in [2.75, 3.05) is 26.2 Å². The van der Waals surface area contributed by atoms with Crippen LogP contribution < -0.4 is 0 Å². The molecule has 1 saturated heterocycles. The van der Waals surface area contributed by atoms with Gasteiger partial charge < -0.3 is 14.9 Å². The van der Waals surface area contributed by atoms with Crippen molar-refractivity contribution in [1.82, 2.24) is 19.6 Å². The van der Waals surface area contributed by atoms with Crippen LogP contribution in [0, 0.1) is 0 Å². The molecule has 0 unspecified atom stereocenters. The standard InChI is InChI=1S/C9H12N4O3/c14-8(13-3-1-2-10-13)11-4-6-12(7-5-11)9(15)16/h1-3H,4-7H2,(H,15,16). The maximum Gasteiger partial charge on any atom is 0.407 e. The summed E-state index contributed by atoms with van der Waals surface area (Å²) >= 11 is 0. The van der Waals surface area contributed by atoms with Crippen LogP contribution in [0.15, 0.2) is 18.5 Å². The van der Waals surface area contributed by atoms with Crippen LogP contribution in [-0.4, -0.2) is 63.0 Å². The Bertz CT molecular complexity index is 381. The first-order valence-corrected chi connectivity index (χ1v) is 4.95. The van der Waals surface area contributed by atoms with Crippen LogP contribution >= 0.6 is 0 Å². The van der Waals surface area contributed by atoms with Crippen molar-refractivity contribution < 1.29 is 14.7 Å². The van der Waals surface area contributed by atoms with E-state index >= 15 is 0 Å². The minimum Gasteiger partial charge on any atom is -0.465 e. The van der Waals surface area contributed by atoms with E-state index in [0.717, 1.165) is 0 Å². The number of carboxylic acid groups (broad SMARTS) is 1. The number of amides is 2. The van der Waals surface area contributed by atoms with Gasteiger partial charge in [0.2, 0.25) is 0 Å². The highest BCUT2D eigenvalue weighted by Gasteiger charge is 2.24. The average molecular weight is 224 g/mol. The van der Waals surface area contributed by atoms with Gasteiger partial charge in [-0.15, -0.1) is 0 Å². The largest absolute Gasteiger partial charge is 0.465 e. The van der Waals surface area contributed by atoms with Crippen LogP contribution in [0.3, 0.4) is 0 Å². The molecule has 7 heteroatoms. The molecule has 0 saturated carbocycles. The van der Waals surface area contributed by atoms with Gasteiger partial charge in [-0.3, -0.25) is 0 Å². The quantitative estimate of drug-likeness (QED) is 0.680. The fraction of sp³-hybridized carbons (Fsp3) is 0.444. The number of carbonyl (C=O) groups excluding carboxylic acids is 1. The first-order chi connectivity index (χ1) is 7.68. The zero-order chi connectivity index (χ0) is 11.5. The molecule has 1 fully saturated rings. The van der Waals surface area contributed by atoms with E-state index in [-0.39, 0.29) is 6.03 Å².